The predicted molar refractivity (Wildman–Crippen MR) is 102 cm³/mol. The van der Waals surface area contributed by atoms with E-state index in [4.69, 9.17) is 10.5 Å². The number of benzene rings is 2. The number of nitrogens with zero attached hydrogens (tertiary/aromatic N) is 1. The van der Waals surface area contributed by atoms with Gasteiger partial charge in [0, 0.05) is 11.8 Å². The van der Waals surface area contributed by atoms with Gasteiger partial charge in [0.2, 0.25) is 0 Å². The number of carbonyl (C=O) groups excluding carboxylic acids is 2. The smallest absolute Gasteiger partial charge is 0.339 e. The minimum atomic E-state index is -1.08. The zero-order valence-electron chi connectivity index (χ0n) is 15.3. The zero-order valence-corrected chi connectivity index (χ0v) is 15.3. The molecule has 2 rings (SSSR count). The number of carbonyl (C=O) groups is 2. The maximum absolute atomic E-state index is 12.2. The van der Waals surface area contributed by atoms with E-state index in [-0.39, 0.29) is 11.3 Å². The Kier molecular flexibility index (Phi) is 6.12. The zero-order chi connectivity index (χ0) is 20.1. The number of nitrogen functional groups attached to an aromatic ring is 1. The Bertz CT molecular complexity index is 862. The number of nitrogens with two attached hydrogens (primary N) is 1. The molecule has 0 bridgehead atoms. The fourth-order valence-corrected chi connectivity index (χ4v) is 2.31. The summed E-state index contributed by atoms with van der Waals surface area (Å²) >= 11 is 0. The van der Waals surface area contributed by atoms with Crippen LogP contribution in [0.2, 0.25) is 0 Å². The first-order valence-electron chi connectivity index (χ1n) is 8.34. The number of rotatable bonds is 6. The fraction of sp³-hybridized carbons (Fsp3) is 0.263. The Morgan fingerprint density at radius 2 is 1.74 bits per heavy atom. The highest BCUT2D eigenvalue weighted by Crippen LogP contribution is 2.23. The highest BCUT2D eigenvalue weighted by Gasteiger charge is 2.21. The van der Waals surface area contributed by atoms with Crippen molar-refractivity contribution in [3.05, 3.63) is 63.7 Å². The summed E-state index contributed by atoms with van der Waals surface area (Å²) in [5.41, 5.74) is 6.70. The summed E-state index contributed by atoms with van der Waals surface area (Å²) in [6, 6.07) is 10.9. The first-order valence-corrected chi connectivity index (χ1v) is 8.34. The average molecular weight is 371 g/mol. The first-order chi connectivity index (χ1) is 12.7. The Labute approximate surface area is 156 Å². The van der Waals surface area contributed by atoms with Gasteiger partial charge in [0.1, 0.15) is 5.69 Å². The van der Waals surface area contributed by atoms with Crippen molar-refractivity contribution in [2.75, 3.05) is 11.1 Å². The highest BCUT2D eigenvalue weighted by atomic mass is 16.6. The van der Waals surface area contributed by atoms with Crippen LogP contribution in [0.5, 0.6) is 0 Å². The number of hydrogen-bond acceptors (Lipinski definition) is 6. The molecule has 0 saturated carbocycles. The maximum atomic E-state index is 12.2. The highest BCUT2D eigenvalue weighted by molar-refractivity contribution is 5.97. The normalized spacial score (nSPS) is 11.7. The van der Waals surface area contributed by atoms with Gasteiger partial charge in [-0.25, -0.2) is 4.79 Å². The molecule has 0 aliphatic rings. The van der Waals surface area contributed by atoms with E-state index >= 15 is 0 Å². The molecule has 0 saturated heterocycles. The first kappa shape index (κ1) is 19.9. The molecule has 142 valence electrons. The van der Waals surface area contributed by atoms with Crippen LogP contribution in [-0.4, -0.2) is 22.9 Å². The Balaban J connectivity index is 2.02. The molecule has 0 aliphatic carbocycles. The molecule has 8 heteroatoms. The van der Waals surface area contributed by atoms with E-state index in [0.29, 0.717) is 11.6 Å². The van der Waals surface area contributed by atoms with Gasteiger partial charge in [-0.3, -0.25) is 14.9 Å². The number of hydrogen-bond donors (Lipinski definition) is 2. The molecule has 0 aliphatic heterocycles. The Morgan fingerprint density at radius 3 is 2.30 bits per heavy atom. The number of nitro benzene ring substituents is 1. The van der Waals surface area contributed by atoms with Crippen molar-refractivity contribution >= 4 is 28.9 Å². The monoisotopic (exact) mass is 371 g/mol. The summed E-state index contributed by atoms with van der Waals surface area (Å²) in [4.78, 5) is 34.6. The van der Waals surface area contributed by atoms with Crippen molar-refractivity contribution in [1.82, 2.24) is 0 Å². The molecule has 0 unspecified atom stereocenters. The van der Waals surface area contributed by atoms with Crippen LogP contribution in [0.1, 0.15) is 42.6 Å². The summed E-state index contributed by atoms with van der Waals surface area (Å²) in [6.07, 6.45) is -1.08. The van der Waals surface area contributed by atoms with Crippen LogP contribution in [0.25, 0.3) is 0 Å². The molecule has 2 aromatic rings. The summed E-state index contributed by atoms with van der Waals surface area (Å²) in [5.74, 6) is -0.986. The van der Waals surface area contributed by atoms with Crippen molar-refractivity contribution < 1.29 is 19.2 Å². The van der Waals surface area contributed by atoms with Crippen molar-refractivity contribution in [2.24, 2.45) is 0 Å². The molecular formula is C19H21N3O5. The molecule has 1 atom stereocenters. The number of esters is 1. The summed E-state index contributed by atoms with van der Waals surface area (Å²) in [5, 5.41) is 13.6. The molecular weight excluding hydrogens is 350 g/mol. The predicted octanol–water partition coefficient (Wildman–Crippen LogP) is 3.48. The third kappa shape index (κ3) is 5.04. The van der Waals surface area contributed by atoms with Crippen LogP contribution in [0.4, 0.5) is 17.1 Å². The van der Waals surface area contributed by atoms with E-state index in [1.54, 1.807) is 12.1 Å². The lowest BCUT2D eigenvalue weighted by Crippen LogP contribution is -2.30. The second-order valence-electron chi connectivity index (χ2n) is 6.34. The average Bonchev–Trinajstić information content (AvgIpc) is 2.62. The van der Waals surface area contributed by atoms with E-state index in [0.717, 1.165) is 11.6 Å². The lowest BCUT2D eigenvalue weighted by atomic mass is 10.0. The SMILES string of the molecule is CC(C)c1ccc(NC(=O)[C@H](C)OC(=O)c2ccc(N)c([N+](=O)[O-])c2)cc1. The Morgan fingerprint density at radius 1 is 1.11 bits per heavy atom. The maximum Gasteiger partial charge on any atom is 0.339 e. The minimum Gasteiger partial charge on any atom is -0.449 e. The van der Waals surface area contributed by atoms with Crippen LogP contribution < -0.4 is 11.1 Å². The van der Waals surface area contributed by atoms with Gasteiger partial charge in [0.25, 0.3) is 11.6 Å². The van der Waals surface area contributed by atoms with Crippen LogP contribution in [0.3, 0.4) is 0 Å². The molecule has 3 N–H and O–H groups in total. The second kappa shape index (κ2) is 8.31. The van der Waals surface area contributed by atoms with E-state index in [9.17, 15) is 19.7 Å². The van der Waals surface area contributed by atoms with Crippen molar-refractivity contribution in [1.29, 1.82) is 0 Å². The molecule has 2 aromatic carbocycles. The molecule has 0 radical (unpaired) electrons. The van der Waals surface area contributed by atoms with Crippen molar-refractivity contribution in [2.45, 2.75) is 32.8 Å². The Hall–Kier alpha value is -3.42. The summed E-state index contributed by atoms with van der Waals surface area (Å²) in [6.45, 7) is 5.55. The fourth-order valence-electron chi connectivity index (χ4n) is 2.31. The van der Waals surface area contributed by atoms with Crippen LogP contribution >= 0.6 is 0 Å². The number of nitrogens with one attached hydrogen (secondary N) is 1. The van der Waals surface area contributed by atoms with Gasteiger partial charge in [-0.15, -0.1) is 0 Å². The van der Waals surface area contributed by atoms with Crippen molar-refractivity contribution in [3.63, 3.8) is 0 Å². The van der Waals surface area contributed by atoms with E-state index in [2.05, 4.69) is 19.2 Å². The number of ether oxygens (including phenoxy) is 1. The molecule has 8 nitrogen and oxygen atoms in total. The largest absolute Gasteiger partial charge is 0.449 e. The topological polar surface area (TPSA) is 125 Å². The molecule has 27 heavy (non-hydrogen) atoms. The third-order valence-electron chi connectivity index (χ3n) is 3.96. The van der Waals surface area contributed by atoms with E-state index in [1.165, 1.54) is 19.1 Å². The van der Waals surface area contributed by atoms with E-state index in [1.807, 2.05) is 12.1 Å². The molecule has 0 aromatic heterocycles. The van der Waals surface area contributed by atoms with Gasteiger partial charge >= 0.3 is 5.97 Å². The van der Waals surface area contributed by atoms with E-state index < -0.39 is 28.6 Å². The standard InChI is InChI=1S/C19H21N3O5/c1-11(2)13-4-7-15(8-5-13)21-18(23)12(3)27-19(24)14-6-9-16(20)17(10-14)22(25)26/h4-12H,20H2,1-3H3,(H,21,23)/t12-/m0/s1. The number of amides is 1. The van der Waals surface area contributed by atoms with Crippen LogP contribution in [-0.2, 0) is 9.53 Å². The van der Waals surface area contributed by atoms with Crippen LogP contribution in [0.15, 0.2) is 42.5 Å². The van der Waals surface area contributed by atoms with Crippen LogP contribution in [0, 0.1) is 10.1 Å². The third-order valence-corrected chi connectivity index (χ3v) is 3.96. The van der Waals surface area contributed by atoms with Gasteiger partial charge in [0.05, 0.1) is 10.5 Å². The summed E-state index contributed by atoms with van der Waals surface area (Å²) in [7, 11) is 0. The molecule has 0 spiro atoms. The molecule has 0 fully saturated rings. The molecule has 0 heterocycles. The molecule has 1 amide bonds. The quantitative estimate of drug-likeness (QED) is 0.347. The minimum absolute atomic E-state index is 0.0585. The van der Waals surface area contributed by atoms with Gasteiger partial charge in [0.15, 0.2) is 6.10 Å². The lowest BCUT2D eigenvalue weighted by molar-refractivity contribution is -0.383. The van der Waals surface area contributed by atoms with Gasteiger partial charge in [-0.1, -0.05) is 26.0 Å². The number of nitro groups is 1. The summed E-state index contributed by atoms with van der Waals surface area (Å²) < 4.78 is 5.09. The van der Waals surface area contributed by atoms with Gasteiger partial charge in [-0.05, 0) is 42.7 Å². The van der Waals surface area contributed by atoms with Crippen molar-refractivity contribution in [3.8, 4) is 0 Å². The lowest BCUT2D eigenvalue weighted by Gasteiger charge is -2.14. The second-order valence-corrected chi connectivity index (χ2v) is 6.34. The van der Waals surface area contributed by atoms with Gasteiger partial charge < -0.3 is 15.8 Å². The number of anilines is 2. The van der Waals surface area contributed by atoms with Gasteiger partial charge in [-0.2, -0.15) is 0 Å².